The Kier molecular flexibility index (Phi) is 5.70. The highest BCUT2D eigenvalue weighted by molar-refractivity contribution is 6.22. The minimum Gasteiger partial charge on any atom is -0.390 e. The van der Waals surface area contributed by atoms with Crippen molar-refractivity contribution < 1.29 is 14.7 Å². The standard InChI is InChI=1S/C36H28N6O3/c1-21(2)27-17-29-37-18-28-32(42(29)40-27)39-31(30(38-28)22-9-5-4-6-10-22)23-13-15-24(16-14-23)36(19-35(3,45)20-36)41-33(43)25-11-7-8-12-26(25)34(41)44/h4-18,45H,1,19-20H2,2-3H3/t35-,36-. The molecule has 1 aliphatic carbocycles. The van der Waals surface area contributed by atoms with E-state index in [2.05, 4.69) is 11.6 Å². The lowest BCUT2D eigenvalue weighted by Crippen LogP contribution is -2.63. The predicted octanol–water partition coefficient (Wildman–Crippen LogP) is 6.08. The van der Waals surface area contributed by atoms with Crippen LogP contribution in [0.5, 0.6) is 0 Å². The van der Waals surface area contributed by atoms with Gasteiger partial charge in [0.2, 0.25) is 0 Å². The lowest BCUT2D eigenvalue weighted by atomic mass is 9.61. The number of fused-ring (bicyclic) bond motifs is 4. The number of nitrogens with zero attached hydrogens (tertiary/aromatic N) is 6. The highest BCUT2D eigenvalue weighted by atomic mass is 16.3. The molecule has 1 aliphatic heterocycles. The Labute approximate surface area is 258 Å². The van der Waals surface area contributed by atoms with E-state index in [9.17, 15) is 14.7 Å². The Morgan fingerprint density at radius 3 is 2.07 bits per heavy atom. The smallest absolute Gasteiger partial charge is 0.262 e. The fourth-order valence-electron chi connectivity index (χ4n) is 6.85. The number of hydrogen-bond acceptors (Lipinski definition) is 7. The van der Waals surface area contributed by atoms with Crippen LogP contribution >= 0.6 is 0 Å². The Hall–Kier alpha value is -5.54. The van der Waals surface area contributed by atoms with Gasteiger partial charge >= 0.3 is 0 Å². The van der Waals surface area contributed by atoms with E-state index in [0.717, 1.165) is 28.0 Å². The molecule has 6 aromatic rings. The third-order valence-electron chi connectivity index (χ3n) is 8.86. The van der Waals surface area contributed by atoms with Crippen LogP contribution in [-0.2, 0) is 5.54 Å². The van der Waals surface area contributed by atoms with E-state index in [4.69, 9.17) is 15.1 Å². The summed E-state index contributed by atoms with van der Waals surface area (Å²) in [4.78, 5) is 43.2. The summed E-state index contributed by atoms with van der Waals surface area (Å²) < 4.78 is 1.69. The fourth-order valence-corrected chi connectivity index (χ4v) is 6.85. The summed E-state index contributed by atoms with van der Waals surface area (Å²) in [5, 5.41) is 15.6. The highest BCUT2D eigenvalue weighted by Gasteiger charge is 2.60. The summed E-state index contributed by atoms with van der Waals surface area (Å²) in [6, 6.07) is 26.3. The first-order valence-electron chi connectivity index (χ1n) is 14.7. The van der Waals surface area contributed by atoms with E-state index < -0.39 is 11.1 Å². The van der Waals surface area contributed by atoms with E-state index >= 15 is 0 Å². The van der Waals surface area contributed by atoms with Gasteiger partial charge in [-0.15, -0.1) is 0 Å². The maximum Gasteiger partial charge on any atom is 0.262 e. The van der Waals surface area contributed by atoms with Gasteiger partial charge in [0.05, 0.1) is 45.5 Å². The topological polar surface area (TPSA) is 114 Å². The minimum absolute atomic E-state index is 0.241. The van der Waals surface area contributed by atoms with Crippen molar-refractivity contribution in [1.82, 2.24) is 29.5 Å². The molecule has 4 heterocycles. The Bertz CT molecular complexity index is 2180. The van der Waals surface area contributed by atoms with Crippen LogP contribution in [0.1, 0.15) is 58.7 Å². The van der Waals surface area contributed by atoms with Crippen LogP contribution in [-0.4, -0.2) is 52.0 Å². The van der Waals surface area contributed by atoms with E-state index in [1.807, 2.05) is 67.6 Å². The lowest BCUT2D eigenvalue weighted by molar-refractivity contribution is -0.118. The van der Waals surface area contributed by atoms with Crippen LogP contribution in [0, 0.1) is 0 Å². The minimum atomic E-state index is -1.01. The summed E-state index contributed by atoms with van der Waals surface area (Å²) in [6.45, 7) is 7.65. The second-order valence-corrected chi connectivity index (χ2v) is 12.3. The highest BCUT2D eigenvalue weighted by Crippen LogP contribution is 2.54. The summed E-state index contributed by atoms with van der Waals surface area (Å²) in [6.07, 6.45) is 2.19. The number of rotatable bonds is 5. The van der Waals surface area contributed by atoms with Gasteiger partial charge in [-0.3, -0.25) is 14.5 Å². The molecule has 0 spiro atoms. The van der Waals surface area contributed by atoms with Gasteiger partial charge in [-0.1, -0.05) is 73.3 Å². The summed E-state index contributed by atoms with van der Waals surface area (Å²) in [5.74, 6) is -0.680. The summed E-state index contributed by atoms with van der Waals surface area (Å²) in [5.41, 5.74) is 5.93. The maximum absolute atomic E-state index is 13.6. The zero-order valence-corrected chi connectivity index (χ0v) is 24.7. The first-order valence-corrected chi connectivity index (χ1v) is 14.7. The van der Waals surface area contributed by atoms with Gasteiger partial charge < -0.3 is 5.11 Å². The average Bonchev–Trinajstić information content (AvgIpc) is 3.59. The number of amides is 2. The largest absolute Gasteiger partial charge is 0.390 e. The van der Waals surface area contributed by atoms with Crippen molar-refractivity contribution in [3.8, 4) is 22.5 Å². The second-order valence-electron chi connectivity index (χ2n) is 12.3. The quantitative estimate of drug-likeness (QED) is 0.242. The number of benzene rings is 3. The van der Waals surface area contributed by atoms with E-state index in [1.54, 1.807) is 41.9 Å². The second kappa shape index (κ2) is 9.48. The average molecular weight is 593 g/mol. The number of aliphatic hydroxyl groups is 1. The molecule has 1 saturated carbocycles. The SMILES string of the molecule is C=C(C)c1cc2ncc3nc(-c4ccccc4)c(-c4ccc([C@]5(N6C(=O)c7ccccc7C6=O)C[C@](C)(O)C5)cc4)nc3n2n1. The monoisotopic (exact) mass is 592 g/mol. The molecule has 8 rings (SSSR count). The van der Waals surface area contributed by atoms with Gasteiger partial charge in [0.15, 0.2) is 11.3 Å². The molecule has 0 bridgehead atoms. The van der Waals surface area contributed by atoms with E-state index in [1.165, 1.54) is 4.90 Å². The molecule has 45 heavy (non-hydrogen) atoms. The van der Waals surface area contributed by atoms with Crippen molar-refractivity contribution in [2.24, 2.45) is 0 Å². The molecule has 0 atom stereocenters. The van der Waals surface area contributed by atoms with Gasteiger partial charge in [0, 0.05) is 30.0 Å². The fraction of sp³-hybridized carbons (Fsp3) is 0.167. The molecule has 3 aromatic carbocycles. The van der Waals surface area contributed by atoms with Gasteiger partial charge in [-0.05, 0) is 37.1 Å². The number of imide groups is 1. The summed E-state index contributed by atoms with van der Waals surface area (Å²) >= 11 is 0. The lowest BCUT2D eigenvalue weighted by Gasteiger charge is -2.55. The first kappa shape index (κ1) is 27.0. The van der Waals surface area contributed by atoms with Crippen molar-refractivity contribution in [3.05, 3.63) is 120 Å². The number of hydrogen-bond donors (Lipinski definition) is 1. The van der Waals surface area contributed by atoms with E-state index in [-0.39, 0.29) is 24.7 Å². The molecule has 9 nitrogen and oxygen atoms in total. The maximum atomic E-state index is 13.6. The molecular weight excluding hydrogens is 564 g/mol. The Morgan fingerprint density at radius 2 is 1.44 bits per heavy atom. The van der Waals surface area contributed by atoms with Crippen LogP contribution in [0.25, 0.3) is 44.9 Å². The van der Waals surface area contributed by atoms with Crippen molar-refractivity contribution in [1.29, 1.82) is 0 Å². The molecule has 2 amide bonds. The number of carbonyl (C=O) groups excluding carboxylic acids is 2. The number of carbonyl (C=O) groups is 2. The molecule has 0 radical (unpaired) electrons. The van der Waals surface area contributed by atoms with Crippen molar-refractivity contribution >= 4 is 34.2 Å². The van der Waals surface area contributed by atoms with Crippen LogP contribution in [0.15, 0.2) is 97.7 Å². The van der Waals surface area contributed by atoms with Crippen LogP contribution in [0.3, 0.4) is 0 Å². The molecular formula is C36H28N6O3. The van der Waals surface area contributed by atoms with Crippen LogP contribution < -0.4 is 0 Å². The summed E-state index contributed by atoms with van der Waals surface area (Å²) in [7, 11) is 0. The van der Waals surface area contributed by atoms with Gasteiger partial charge in [0.25, 0.3) is 11.8 Å². The zero-order chi connectivity index (χ0) is 31.1. The third kappa shape index (κ3) is 4.04. The van der Waals surface area contributed by atoms with Crippen molar-refractivity contribution in [3.63, 3.8) is 0 Å². The Balaban J connectivity index is 1.27. The molecule has 9 heteroatoms. The molecule has 2 aliphatic rings. The zero-order valence-electron chi connectivity index (χ0n) is 24.7. The van der Waals surface area contributed by atoms with Crippen molar-refractivity contribution in [2.45, 2.75) is 37.8 Å². The predicted molar refractivity (Wildman–Crippen MR) is 170 cm³/mol. The molecule has 1 fully saturated rings. The molecule has 220 valence electrons. The van der Waals surface area contributed by atoms with Gasteiger partial charge in [-0.25, -0.2) is 15.0 Å². The van der Waals surface area contributed by atoms with Crippen molar-refractivity contribution in [2.75, 3.05) is 0 Å². The van der Waals surface area contributed by atoms with Gasteiger partial charge in [0.1, 0.15) is 5.52 Å². The third-order valence-corrected chi connectivity index (χ3v) is 8.86. The van der Waals surface area contributed by atoms with E-state index in [0.29, 0.717) is 39.3 Å². The normalized spacial score (nSPS) is 20.9. The molecule has 0 saturated heterocycles. The molecule has 1 N–H and O–H groups in total. The Morgan fingerprint density at radius 1 is 0.844 bits per heavy atom. The first-order chi connectivity index (χ1) is 21.6. The van der Waals surface area contributed by atoms with Crippen LogP contribution in [0.2, 0.25) is 0 Å². The van der Waals surface area contributed by atoms with Gasteiger partial charge in [-0.2, -0.15) is 9.61 Å². The molecule has 0 unspecified atom stereocenters. The molecule has 3 aromatic heterocycles. The number of aromatic nitrogens is 5. The van der Waals surface area contributed by atoms with Crippen LogP contribution in [0.4, 0.5) is 0 Å². The number of allylic oxidation sites excluding steroid dienone is 1.